The summed E-state index contributed by atoms with van der Waals surface area (Å²) < 4.78 is 23.1. The molecule has 0 aliphatic heterocycles. The van der Waals surface area contributed by atoms with E-state index in [2.05, 4.69) is 4.74 Å². The van der Waals surface area contributed by atoms with Crippen molar-refractivity contribution in [1.29, 1.82) is 0 Å². The van der Waals surface area contributed by atoms with Crippen LogP contribution in [0.1, 0.15) is 25.5 Å². The van der Waals surface area contributed by atoms with E-state index in [9.17, 15) is 14.3 Å². The zero-order valence-electron chi connectivity index (χ0n) is 9.77. The quantitative estimate of drug-likeness (QED) is 0.800. The molecular weight excluding hydrogens is 227 g/mol. The molecule has 4 nitrogen and oxygen atoms in total. The second kappa shape index (κ2) is 6.20. The Balaban J connectivity index is 2.63. The molecule has 0 aliphatic carbocycles. The summed E-state index contributed by atoms with van der Waals surface area (Å²) in [5.74, 6) is -1.21. The summed E-state index contributed by atoms with van der Waals surface area (Å²) in [5, 5.41) is 9.25. The largest absolute Gasteiger partial charge is 0.479 e. The molecule has 1 N–H and O–H groups in total. The van der Waals surface area contributed by atoms with Crippen LogP contribution in [-0.4, -0.2) is 24.3 Å². The fourth-order valence-corrected chi connectivity index (χ4v) is 1.23. The normalized spacial score (nSPS) is 12.0. The number of ether oxygens (including phenoxy) is 2. The van der Waals surface area contributed by atoms with Gasteiger partial charge in [-0.25, -0.2) is 9.18 Å². The van der Waals surface area contributed by atoms with Crippen molar-refractivity contribution in [3.05, 3.63) is 29.6 Å². The lowest BCUT2D eigenvalue weighted by Crippen LogP contribution is -2.15. The maximum atomic E-state index is 13.5. The van der Waals surface area contributed by atoms with Gasteiger partial charge in [0.2, 0.25) is 0 Å². The Kier molecular flexibility index (Phi) is 4.90. The number of hydrogen-bond donors (Lipinski definition) is 1. The van der Waals surface area contributed by atoms with Gasteiger partial charge >= 0.3 is 5.97 Å². The average molecular weight is 242 g/mol. The summed E-state index contributed by atoms with van der Waals surface area (Å²) in [5.41, 5.74) is 0.450. The molecule has 1 rings (SSSR count). The van der Waals surface area contributed by atoms with Gasteiger partial charge in [-0.05, 0) is 31.5 Å². The highest BCUT2D eigenvalue weighted by atomic mass is 19.1. The third kappa shape index (κ3) is 4.03. The Labute approximate surface area is 99.0 Å². The van der Waals surface area contributed by atoms with Crippen LogP contribution in [0.4, 0.5) is 4.39 Å². The molecule has 0 radical (unpaired) electrons. The van der Waals surface area contributed by atoms with Crippen molar-refractivity contribution in [1.82, 2.24) is 0 Å². The Morgan fingerprint density at radius 1 is 1.53 bits per heavy atom. The van der Waals surface area contributed by atoms with Gasteiger partial charge in [-0.3, -0.25) is 0 Å². The summed E-state index contributed by atoms with van der Waals surface area (Å²) in [7, 11) is 0. The SMILES string of the molecule is CCOC(=O)COc1ccc([C@H](C)O)cc1F. The van der Waals surface area contributed by atoms with Crippen LogP contribution in [0.25, 0.3) is 0 Å². The summed E-state index contributed by atoms with van der Waals surface area (Å²) in [6.07, 6.45) is -0.747. The van der Waals surface area contributed by atoms with E-state index in [0.29, 0.717) is 5.56 Å². The standard InChI is InChI=1S/C12H15FO4/c1-3-16-12(15)7-17-11-5-4-9(8(2)14)6-10(11)13/h4-6,8,14H,3,7H2,1-2H3/t8-/m0/s1. The van der Waals surface area contributed by atoms with Crippen molar-refractivity contribution in [3.8, 4) is 5.75 Å². The summed E-state index contributed by atoms with van der Waals surface area (Å²) >= 11 is 0. The van der Waals surface area contributed by atoms with Crippen molar-refractivity contribution in [2.24, 2.45) is 0 Å². The molecule has 0 aliphatic rings. The minimum absolute atomic E-state index is 0.0394. The monoisotopic (exact) mass is 242 g/mol. The van der Waals surface area contributed by atoms with E-state index < -0.39 is 17.9 Å². The summed E-state index contributed by atoms with van der Waals surface area (Å²) in [6, 6.07) is 4.08. The predicted molar refractivity (Wildman–Crippen MR) is 59.2 cm³/mol. The van der Waals surface area contributed by atoms with Crippen molar-refractivity contribution >= 4 is 5.97 Å². The van der Waals surface area contributed by atoms with Crippen molar-refractivity contribution in [2.45, 2.75) is 20.0 Å². The van der Waals surface area contributed by atoms with Gasteiger partial charge in [0.25, 0.3) is 0 Å². The van der Waals surface area contributed by atoms with Crippen LogP contribution in [0.5, 0.6) is 5.75 Å². The number of esters is 1. The topological polar surface area (TPSA) is 55.8 Å². The number of benzene rings is 1. The van der Waals surface area contributed by atoms with Gasteiger partial charge in [0.05, 0.1) is 12.7 Å². The van der Waals surface area contributed by atoms with Crippen LogP contribution >= 0.6 is 0 Å². The third-order valence-electron chi connectivity index (χ3n) is 2.09. The Morgan fingerprint density at radius 2 is 2.24 bits per heavy atom. The van der Waals surface area contributed by atoms with E-state index in [0.717, 1.165) is 0 Å². The summed E-state index contributed by atoms with van der Waals surface area (Å²) in [4.78, 5) is 11.0. The molecule has 0 aromatic heterocycles. The van der Waals surface area contributed by atoms with Gasteiger partial charge in [-0.2, -0.15) is 0 Å². The molecule has 0 spiro atoms. The van der Waals surface area contributed by atoms with E-state index in [4.69, 9.17) is 4.74 Å². The minimum Gasteiger partial charge on any atom is -0.479 e. The molecule has 94 valence electrons. The minimum atomic E-state index is -0.747. The van der Waals surface area contributed by atoms with Gasteiger partial charge in [-0.15, -0.1) is 0 Å². The number of carbonyl (C=O) groups excluding carboxylic acids is 1. The fourth-order valence-electron chi connectivity index (χ4n) is 1.23. The third-order valence-corrected chi connectivity index (χ3v) is 2.09. The molecule has 0 fully saturated rings. The zero-order valence-corrected chi connectivity index (χ0v) is 9.77. The predicted octanol–water partition coefficient (Wildman–Crippen LogP) is 1.82. The first-order chi connectivity index (χ1) is 8.04. The lowest BCUT2D eigenvalue weighted by Gasteiger charge is -2.09. The molecule has 0 saturated heterocycles. The second-order valence-electron chi connectivity index (χ2n) is 3.46. The molecule has 1 aromatic rings. The Morgan fingerprint density at radius 3 is 2.76 bits per heavy atom. The average Bonchev–Trinajstić information content (AvgIpc) is 2.27. The first kappa shape index (κ1) is 13.4. The van der Waals surface area contributed by atoms with Crippen LogP contribution in [0.2, 0.25) is 0 Å². The number of hydrogen-bond acceptors (Lipinski definition) is 4. The number of aliphatic hydroxyl groups excluding tert-OH is 1. The van der Waals surface area contributed by atoms with E-state index in [1.54, 1.807) is 6.92 Å². The molecular formula is C12H15FO4. The van der Waals surface area contributed by atoms with E-state index in [1.165, 1.54) is 25.1 Å². The first-order valence-corrected chi connectivity index (χ1v) is 5.30. The van der Waals surface area contributed by atoms with Gasteiger partial charge in [0, 0.05) is 0 Å². The number of carbonyl (C=O) groups is 1. The smallest absolute Gasteiger partial charge is 0.344 e. The lowest BCUT2D eigenvalue weighted by atomic mass is 10.1. The number of aliphatic hydroxyl groups is 1. The molecule has 17 heavy (non-hydrogen) atoms. The van der Waals surface area contributed by atoms with E-state index in [-0.39, 0.29) is 19.0 Å². The van der Waals surface area contributed by atoms with Crippen molar-refractivity contribution in [3.63, 3.8) is 0 Å². The molecule has 0 amide bonds. The van der Waals surface area contributed by atoms with Gasteiger partial charge in [0.15, 0.2) is 18.2 Å². The molecule has 0 bridgehead atoms. The van der Waals surface area contributed by atoms with Gasteiger partial charge in [-0.1, -0.05) is 6.07 Å². The highest BCUT2D eigenvalue weighted by molar-refractivity contribution is 5.71. The molecule has 5 heteroatoms. The van der Waals surface area contributed by atoms with Crippen LogP contribution in [0, 0.1) is 5.82 Å². The van der Waals surface area contributed by atoms with Crippen LogP contribution in [0.3, 0.4) is 0 Å². The molecule has 0 unspecified atom stereocenters. The van der Waals surface area contributed by atoms with Gasteiger partial charge in [0.1, 0.15) is 0 Å². The highest BCUT2D eigenvalue weighted by Crippen LogP contribution is 2.21. The fraction of sp³-hybridized carbons (Fsp3) is 0.417. The van der Waals surface area contributed by atoms with Crippen LogP contribution in [0.15, 0.2) is 18.2 Å². The second-order valence-corrected chi connectivity index (χ2v) is 3.46. The highest BCUT2D eigenvalue weighted by Gasteiger charge is 2.10. The summed E-state index contributed by atoms with van der Waals surface area (Å²) in [6.45, 7) is 3.13. The van der Waals surface area contributed by atoms with Crippen LogP contribution < -0.4 is 4.74 Å². The Bertz CT molecular complexity index is 390. The lowest BCUT2D eigenvalue weighted by molar-refractivity contribution is -0.145. The van der Waals surface area contributed by atoms with E-state index >= 15 is 0 Å². The number of rotatable bonds is 5. The maximum absolute atomic E-state index is 13.5. The molecule has 1 aromatic carbocycles. The molecule has 1 atom stereocenters. The maximum Gasteiger partial charge on any atom is 0.344 e. The molecule has 0 saturated carbocycles. The molecule has 0 heterocycles. The van der Waals surface area contributed by atoms with Crippen molar-refractivity contribution in [2.75, 3.05) is 13.2 Å². The first-order valence-electron chi connectivity index (χ1n) is 5.30. The van der Waals surface area contributed by atoms with Crippen LogP contribution in [-0.2, 0) is 9.53 Å². The van der Waals surface area contributed by atoms with Crippen molar-refractivity contribution < 1.29 is 23.8 Å². The zero-order chi connectivity index (χ0) is 12.8. The van der Waals surface area contributed by atoms with Gasteiger partial charge < -0.3 is 14.6 Å². The number of halogens is 1. The Hall–Kier alpha value is -1.62. The van der Waals surface area contributed by atoms with E-state index in [1.807, 2.05) is 0 Å².